The fourth-order valence-corrected chi connectivity index (χ4v) is 3.17. The number of ether oxygens (including phenoxy) is 2. The van der Waals surface area contributed by atoms with E-state index in [9.17, 15) is 4.79 Å². The van der Waals surface area contributed by atoms with Gasteiger partial charge in [-0.25, -0.2) is 4.79 Å². The Labute approximate surface area is 141 Å². The highest BCUT2D eigenvalue weighted by Gasteiger charge is 2.30. The van der Waals surface area contributed by atoms with E-state index in [4.69, 9.17) is 9.47 Å². The second-order valence-electron chi connectivity index (χ2n) is 7.91. The first-order valence-electron chi connectivity index (χ1n) is 8.94. The molecule has 0 aromatic heterocycles. The summed E-state index contributed by atoms with van der Waals surface area (Å²) in [7, 11) is 1.74. The van der Waals surface area contributed by atoms with E-state index in [0.29, 0.717) is 31.2 Å². The number of hydrogen-bond acceptors (Lipinski definition) is 4. The number of nitrogens with one attached hydrogen (secondary N) is 2. The maximum atomic E-state index is 11.6. The smallest absolute Gasteiger partial charge is 0.407 e. The average Bonchev–Trinajstić information content (AvgIpc) is 2.74. The zero-order valence-electron chi connectivity index (χ0n) is 15.8. The Morgan fingerprint density at radius 1 is 1.26 bits per heavy atom. The number of hydrogen-bond donors (Lipinski definition) is 2. The Morgan fingerprint density at radius 3 is 2.48 bits per heavy atom. The van der Waals surface area contributed by atoms with Crippen LogP contribution in [0.5, 0.6) is 0 Å². The summed E-state index contributed by atoms with van der Waals surface area (Å²) in [6.45, 7) is 11.6. The van der Waals surface area contributed by atoms with Gasteiger partial charge in [-0.15, -0.1) is 0 Å². The van der Waals surface area contributed by atoms with Crippen LogP contribution in [0.1, 0.15) is 60.3 Å². The van der Waals surface area contributed by atoms with Crippen LogP contribution in [0.2, 0.25) is 0 Å². The summed E-state index contributed by atoms with van der Waals surface area (Å²) in [6, 6.07) is 0.933. The summed E-state index contributed by atoms with van der Waals surface area (Å²) >= 11 is 0. The highest BCUT2D eigenvalue weighted by atomic mass is 16.6. The van der Waals surface area contributed by atoms with Crippen LogP contribution in [-0.4, -0.2) is 44.0 Å². The lowest BCUT2D eigenvalue weighted by atomic mass is 9.97. The van der Waals surface area contributed by atoms with Gasteiger partial charge in [0.1, 0.15) is 5.60 Å². The van der Waals surface area contributed by atoms with E-state index in [1.165, 1.54) is 12.8 Å². The second kappa shape index (κ2) is 9.48. The highest BCUT2D eigenvalue weighted by Crippen LogP contribution is 2.31. The van der Waals surface area contributed by atoms with Gasteiger partial charge >= 0.3 is 6.09 Å². The van der Waals surface area contributed by atoms with Crippen molar-refractivity contribution in [2.75, 3.05) is 20.3 Å². The Bertz CT molecular complexity index is 355. The molecule has 1 rings (SSSR count). The lowest BCUT2D eigenvalue weighted by Gasteiger charge is -2.26. The maximum absolute atomic E-state index is 11.6. The van der Waals surface area contributed by atoms with Crippen LogP contribution < -0.4 is 10.6 Å². The Kier molecular flexibility index (Phi) is 8.34. The molecule has 1 saturated carbocycles. The van der Waals surface area contributed by atoms with Gasteiger partial charge in [0, 0.05) is 25.7 Å². The molecule has 0 spiro atoms. The van der Waals surface area contributed by atoms with Crippen LogP contribution in [0.25, 0.3) is 0 Å². The molecular formula is C18H36N2O3. The van der Waals surface area contributed by atoms with Gasteiger partial charge in [0.2, 0.25) is 0 Å². The molecule has 4 unspecified atom stereocenters. The number of carbonyl (C=O) groups is 1. The quantitative estimate of drug-likeness (QED) is 0.671. The molecule has 5 nitrogen and oxygen atoms in total. The Hall–Kier alpha value is -0.810. The first-order valence-corrected chi connectivity index (χ1v) is 8.94. The van der Waals surface area contributed by atoms with Crippen molar-refractivity contribution in [1.82, 2.24) is 10.6 Å². The summed E-state index contributed by atoms with van der Waals surface area (Å²) in [5, 5.41) is 6.57. The number of methoxy groups -OCH3 is 1. The molecule has 0 bridgehead atoms. The molecule has 5 heteroatoms. The normalized spacial score (nSPS) is 26.1. The van der Waals surface area contributed by atoms with E-state index < -0.39 is 5.60 Å². The predicted octanol–water partition coefficient (Wildman–Crippen LogP) is 3.33. The number of rotatable bonds is 8. The summed E-state index contributed by atoms with van der Waals surface area (Å²) < 4.78 is 10.6. The van der Waals surface area contributed by atoms with Crippen molar-refractivity contribution in [3.05, 3.63) is 0 Å². The van der Waals surface area contributed by atoms with Gasteiger partial charge in [-0.2, -0.15) is 0 Å². The molecule has 0 aromatic rings. The molecule has 23 heavy (non-hydrogen) atoms. The summed E-state index contributed by atoms with van der Waals surface area (Å²) in [5.41, 5.74) is -0.445. The molecular weight excluding hydrogens is 292 g/mol. The largest absolute Gasteiger partial charge is 0.444 e. The number of amides is 1. The van der Waals surface area contributed by atoms with E-state index in [2.05, 4.69) is 24.5 Å². The Balaban J connectivity index is 2.27. The van der Waals surface area contributed by atoms with Gasteiger partial charge < -0.3 is 20.1 Å². The fraction of sp³-hybridized carbons (Fsp3) is 0.944. The van der Waals surface area contributed by atoms with Crippen molar-refractivity contribution in [3.63, 3.8) is 0 Å². The molecule has 1 aliphatic carbocycles. The average molecular weight is 328 g/mol. The molecule has 0 aromatic carbocycles. The molecule has 0 aliphatic heterocycles. The van der Waals surface area contributed by atoms with Crippen LogP contribution in [0, 0.1) is 11.8 Å². The van der Waals surface area contributed by atoms with Crippen molar-refractivity contribution >= 4 is 6.09 Å². The van der Waals surface area contributed by atoms with Crippen molar-refractivity contribution in [2.24, 2.45) is 11.8 Å². The first kappa shape index (κ1) is 20.2. The number of alkyl carbamates (subject to hydrolysis) is 1. The molecule has 1 fully saturated rings. The second-order valence-corrected chi connectivity index (χ2v) is 7.91. The van der Waals surface area contributed by atoms with E-state index in [-0.39, 0.29) is 6.09 Å². The molecule has 4 atom stereocenters. The van der Waals surface area contributed by atoms with Gasteiger partial charge in [0.25, 0.3) is 0 Å². The minimum Gasteiger partial charge on any atom is -0.444 e. The predicted molar refractivity (Wildman–Crippen MR) is 93.6 cm³/mol. The van der Waals surface area contributed by atoms with Gasteiger partial charge in [-0.05, 0) is 58.3 Å². The van der Waals surface area contributed by atoms with Gasteiger partial charge in [0.15, 0.2) is 0 Å². The number of carbonyl (C=O) groups excluding carboxylic acids is 1. The van der Waals surface area contributed by atoms with Crippen molar-refractivity contribution in [1.29, 1.82) is 0 Å². The summed E-state index contributed by atoms with van der Waals surface area (Å²) in [4.78, 5) is 11.6. The van der Waals surface area contributed by atoms with Crippen LogP contribution >= 0.6 is 0 Å². The van der Waals surface area contributed by atoms with Gasteiger partial charge in [0.05, 0.1) is 6.61 Å². The van der Waals surface area contributed by atoms with Crippen LogP contribution in [0.4, 0.5) is 4.79 Å². The molecule has 0 heterocycles. The zero-order chi connectivity index (χ0) is 17.5. The maximum Gasteiger partial charge on any atom is 0.407 e. The minimum atomic E-state index is -0.445. The first-order chi connectivity index (χ1) is 10.7. The molecule has 0 radical (unpaired) electrons. The van der Waals surface area contributed by atoms with Crippen molar-refractivity contribution < 1.29 is 14.3 Å². The van der Waals surface area contributed by atoms with Crippen LogP contribution in [0.15, 0.2) is 0 Å². The van der Waals surface area contributed by atoms with Crippen molar-refractivity contribution in [3.8, 4) is 0 Å². The highest BCUT2D eigenvalue weighted by molar-refractivity contribution is 5.67. The summed E-state index contributed by atoms with van der Waals surface area (Å²) in [5.74, 6) is 1.51. The van der Waals surface area contributed by atoms with E-state index in [0.717, 1.165) is 18.8 Å². The van der Waals surface area contributed by atoms with E-state index in [1.807, 2.05) is 20.8 Å². The van der Waals surface area contributed by atoms with Gasteiger partial charge in [-0.1, -0.05) is 13.8 Å². The fourth-order valence-electron chi connectivity index (χ4n) is 3.17. The van der Waals surface area contributed by atoms with E-state index >= 15 is 0 Å². The third-order valence-electron chi connectivity index (χ3n) is 4.68. The standard InChI is InChI=1S/C18H36N2O3/c1-13-9-10-16(14(13)2)20-15(12-22-6)8-7-11-19-17(21)23-18(3,4)5/h13-16,20H,7-12H2,1-6H3,(H,19,21). The monoisotopic (exact) mass is 328 g/mol. The molecule has 1 amide bonds. The molecule has 1 aliphatic rings. The van der Waals surface area contributed by atoms with Gasteiger partial charge in [-0.3, -0.25) is 0 Å². The zero-order valence-corrected chi connectivity index (χ0v) is 15.8. The van der Waals surface area contributed by atoms with Crippen LogP contribution in [0.3, 0.4) is 0 Å². The molecule has 0 saturated heterocycles. The third-order valence-corrected chi connectivity index (χ3v) is 4.68. The SMILES string of the molecule is COCC(CCCNC(=O)OC(C)(C)C)NC1CCC(C)C1C. The van der Waals surface area contributed by atoms with E-state index in [1.54, 1.807) is 7.11 Å². The summed E-state index contributed by atoms with van der Waals surface area (Å²) in [6.07, 6.45) is 4.11. The van der Waals surface area contributed by atoms with Crippen LogP contribution in [-0.2, 0) is 9.47 Å². The lowest BCUT2D eigenvalue weighted by molar-refractivity contribution is 0.0525. The molecule has 136 valence electrons. The topological polar surface area (TPSA) is 59.6 Å². The lowest BCUT2D eigenvalue weighted by Crippen LogP contribution is -2.43. The Morgan fingerprint density at radius 2 is 1.96 bits per heavy atom. The minimum absolute atomic E-state index is 0.341. The molecule has 2 N–H and O–H groups in total. The van der Waals surface area contributed by atoms with Crippen molar-refractivity contribution in [2.45, 2.75) is 78.0 Å². The third kappa shape index (κ3) is 8.02.